The smallest absolute Gasteiger partial charge is 0.213 e. The van der Waals surface area contributed by atoms with Crippen LogP contribution in [0.15, 0.2) is 30.3 Å². The van der Waals surface area contributed by atoms with Gasteiger partial charge in [-0.2, -0.15) is 0 Å². The molecule has 1 amide bonds. The third-order valence-corrected chi connectivity index (χ3v) is 4.78. The van der Waals surface area contributed by atoms with E-state index in [2.05, 4.69) is 9.97 Å². The standard InChI is InChI=1S/C17H16ClN3O3S.C2H6/c1-3-23-10-24-11-4-5-12-15(8-11)25-17(20-12)13-6-7-14(16(18)19-13)21(2)9-22;1-2/h4-9H,3,10H2,1-2H3;1-2H3. The molecule has 2 heterocycles. The first-order chi connectivity index (χ1) is 13.1. The summed E-state index contributed by atoms with van der Waals surface area (Å²) in [7, 11) is 1.62. The summed E-state index contributed by atoms with van der Waals surface area (Å²) in [6, 6.07) is 9.22. The molecule has 0 bridgehead atoms. The van der Waals surface area contributed by atoms with E-state index in [0.29, 0.717) is 24.4 Å². The van der Waals surface area contributed by atoms with Gasteiger partial charge in [0.15, 0.2) is 11.9 Å². The molecule has 0 fully saturated rings. The molecule has 3 rings (SSSR count). The third-order valence-electron chi connectivity index (χ3n) is 3.46. The van der Waals surface area contributed by atoms with Crippen LogP contribution in [-0.2, 0) is 9.53 Å². The van der Waals surface area contributed by atoms with Gasteiger partial charge in [-0.05, 0) is 37.3 Å². The molecule has 27 heavy (non-hydrogen) atoms. The van der Waals surface area contributed by atoms with Crippen LogP contribution in [0.5, 0.6) is 5.75 Å². The van der Waals surface area contributed by atoms with Gasteiger partial charge in [-0.15, -0.1) is 11.3 Å². The van der Waals surface area contributed by atoms with Gasteiger partial charge in [-0.1, -0.05) is 25.4 Å². The zero-order valence-electron chi connectivity index (χ0n) is 15.7. The molecule has 0 saturated heterocycles. The van der Waals surface area contributed by atoms with E-state index in [-0.39, 0.29) is 11.9 Å². The van der Waals surface area contributed by atoms with Crippen molar-refractivity contribution in [3.05, 3.63) is 35.5 Å². The Bertz CT molecular complexity index is 901. The predicted octanol–water partition coefficient (Wildman–Crippen LogP) is 5.00. The molecule has 8 heteroatoms. The first kappa shape index (κ1) is 21.1. The van der Waals surface area contributed by atoms with Crippen molar-refractivity contribution < 1.29 is 14.3 Å². The Morgan fingerprint density at radius 1 is 1.22 bits per heavy atom. The van der Waals surface area contributed by atoms with Gasteiger partial charge in [0.05, 0.1) is 15.9 Å². The Morgan fingerprint density at radius 3 is 2.67 bits per heavy atom. The fourth-order valence-electron chi connectivity index (χ4n) is 2.16. The molecular weight excluding hydrogens is 386 g/mol. The minimum Gasteiger partial charge on any atom is -0.468 e. The van der Waals surface area contributed by atoms with Crippen LogP contribution in [-0.4, -0.2) is 36.8 Å². The summed E-state index contributed by atoms with van der Waals surface area (Å²) in [5.41, 5.74) is 2.06. The molecule has 0 saturated carbocycles. The molecule has 6 nitrogen and oxygen atoms in total. The maximum atomic E-state index is 10.9. The number of thiazole rings is 1. The summed E-state index contributed by atoms with van der Waals surface area (Å²) in [6.45, 7) is 6.74. The Labute approximate surface area is 167 Å². The van der Waals surface area contributed by atoms with Gasteiger partial charge in [0, 0.05) is 13.7 Å². The maximum absolute atomic E-state index is 10.9. The molecule has 0 atom stereocenters. The number of pyridine rings is 1. The van der Waals surface area contributed by atoms with Gasteiger partial charge >= 0.3 is 0 Å². The van der Waals surface area contributed by atoms with Crippen LogP contribution in [0.2, 0.25) is 5.15 Å². The van der Waals surface area contributed by atoms with E-state index in [1.54, 1.807) is 19.2 Å². The highest BCUT2D eigenvalue weighted by atomic mass is 35.5. The van der Waals surface area contributed by atoms with Crippen LogP contribution in [0.1, 0.15) is 20.8 Å². The minimum atomic E-state index is 0.219. The van der Waals surface area contributed by atoms with Crippen molar-refractivity contribution in [2.45, 2.75) is 20.8 Å². The van der Waals surface area contributed by atoms with Crippen molar-refractivity contribution in [1.29, 1.82) is 0 Å². The number of fused-ring (bicyclic) bond motifs is 1. The lowest BCUT2D eigenvalue weighted by atomic mass is 10.3. The molecule has 0 N–H and O–H groups in total. The highest BCUT2D eigenvalue weighted by Gasteiger charge is 2.12. The topological polar surface area (TPSA) is 64.6 Å². The summed E-state index contributed by atoms with van der Waals surface area (Å²) >= 11 is 7.68. The average molecular weight is 408 g/mol. The normalized spacial score (nSPS) is 10.3. The average Bonchev–Trinajstić information content (AvgIpc) is 3.12. The first-order valence-electron chi connectivity index (χ1n) is 8.58. The largest absolute Gasteiger partial charge is 0.468 e. The van der Waals surface area contributed by atoms with E-state index in [1.807, 2.05) is 39.0 Å². The molecule has 2 aromatic heterocycles. The molecule has 0 aliphatic rings. The van der Waals surface area contributed by atoms with Crippen LogP contribution >= 0.6 is 22.9 Å². The number of ether oxygens (including phenoxy) is 2. The monoisotopic (exact) mass is 407 g/mol. The van der Waals surface area contributed by atoms with Crippen molar-refractivity contribution in [2.75, 3.05) is 25.3 Å². The molecule has 144 valence electrons. The lowest BCUT2D eigenvalue weighted by Gasteiger charge is -2.12. The molecule has 0 unspecified atom stereocenters. The van der Waals surface area contributed by atoms with Crippen LogP contribution in [0.4, 0.5) is 5.69 Å². The van der Waals surface area contributed by atoms with Crippen LogP contribution in [0.25, 0.3) is 20.9 Å². The number of hydrogen-bond acceptors (Lipinski definition) is 6. The second kappa shape index (κ2) is 10.2. The van der Waals surface area contributed by atoms with Gasteiger partial charge in [0.1, 0.15) is 16.5 Å². The number of amides is 1. The number of anilines is 1. The van der Waals surface area contributed by atoms with Gasteiger partial charge in [-0.3, -0.25) is 4.79 Å². The minimum absolute atomic E-state index is 0.219. The fraction of sp³-hybridized carbons (Fsp3) is 0.316. The summed E-state index contributed by atoms with van der Waals surface area (Å²) in [5, 5.41) is 1.01. The number of nitrogens with zero attached hydrogens (tertiary/aromatic N) is 3. The molecule has 0 aliphatic heterocycles. The van der Waals surface area contributed by atoms with Crippen LogP contribution < -0.4 is 9.64 Å². The molecule has 3 aromatic rings. The summed E-state index contributed by atoms with van der Waals surface area (Å²) < 4.78 is 11.7. The molecule has 0 spiro atoms. The number of carbonyl (C=O) groups is 1. The van der Waals surface area contributed by atoms with E-state index >= 15 is 0 Å². The Hall–Kier alpha value is -2.22. The zero-order chi connectivity index (χ0) is 19.8. The lowest BCUT2D eigenvalue weighted by molar-refractivity contribution is -0.107. The summed E-state index contributed by atoms with van der Waals surface area (Å²) in [6.07, 6.45) is 0.685. The third kappa shape index (κ3) is 5.15. The van der Waals surface area contributed by atoms with E-state index in [0.717, 1.165) is 21.0 Å². The number of hydrogen-bond donors (Lipinski definition) is 0. The van der Waals surface area contributed by atoms with Gasteiger partial charge < -0.3 is 14.4 Å². The van der Waals surface area contributed by atoms with E-state index < -0.39 is 0 Å². The lowest BCUT2D eigenvalue weighted by Crippen LogP contribution is -2.14. The zero-order valence-corrected chi connectivity index (χ0v) is 17.3. The Kier molecular flexibility index (Phi) is 7.97. The Balaban J connectivity index is 0.00000126. The van der Waals surface area contributed by atoms with Crippen molar-refractivity contribution in [1.82, 2.24) is 9.97 Å². The molecule has 0 aliphatic carbocycles. The van der Waals surface area contributed by atoms with E-state index in [4.69, 9.17) is 21.1 Å². The predicted molar refractivity (Wildman–Crippen MR) is 111 cm³/mol. The van der Waals surface area contributed by atoms with Crippen LogP contribution in [0, 0.1) is 0 Å². The van der Waals surface area contributed by atoms with E-state index in [9.17, 15) is 4.79 Å². The second-order valence-electron chi connectivity index (χ2n) is 5.13. The maximum Gasteiger partial charge on any atom is 0.213 e. The highest BCUT2D eigenvalue weighted by Crippen LogP contribution is 2.33. The number of rotatable bonds is 7. The second-order valence-corrected chi connectivity index (χ2v) is 6.51. The van der Waals surface area contributed by atoms with Gasteiger partial charge in [0.2, 0.25) is 6.41 Å². The van der Waals surface area contributed by atoms with Crippen molar-refractivity contribution in [3.63, 3.8) is 0 Å². The molecular formula is C19H22ClN3O3S. The quantitative estimate of drug-likeness (QED) is 0.238. The Morgan fingerprint density at radius 2 is 2.00 bits per heavy atom. The molecule has 1 aromatic carbocycles. The first-order valence-corrected chi connectivity index (χ1v) is 9.78. The number of halogens is 1. The molecule has 0 radical (unpaired) electrons. The summed E-state index contributed by atoms with van der Waals surface area (Å²) in [4.78, 5) is 21.2. The van der Waals surface area contributed by atoms with Gasteiger partial charge in [-0.25, -0.2) is 9.97 Å². The fourth-order valence-corrected chi connectivity index (χ4v) is 3.41. The number of carbonyl (C=O) groups excluding carboxylic acids is 1. The van der Waals surface area contributed by atoms with E-state index in [1.165, 1.54) is 16.2 Å². The van der Waals surface area contributed by atoms with Crippen LogP contribution in [0.3, 0.4) is 0 Å². The van der Waals surface area contributed by atoms with Crippen molar-refractivity contribution >= 4 is 45.3 Å². The number of aromatic nitrogens is 2. The summed E-state index contributed by atoms with van der Waals surface area (Å²) in [5.74, 6) is 0.727. The van der Waals surface area contributed by atoms with Crippen molar-refractivity contribution in [3.8, 4) is 16.5 Å². The van der Waals surface area contributed by atoms with Crippen molar-refractivity contribution in [2.24, 2.45) is 0 Å². The number of benzene rings is 1. The SMILES string of the molecule is CC.CCOCOc1ccc2nc(-c3ccc(N(C)C=O)c(Cl)n3)sc2c1. The highest BCUT2D eigenvalue weighted by molar-refractivity contribution is 7.21. The van der Waals surface area contributed by atoms with Gasteiger partial charge in [0.25, 0.3) is 0 Å².